The van der Waals surface area contributed by atoms with Crippen molar-refractivity contribution in [3.8, 4) is 5.75 Å². The zero-order valence-corrected chi connectivity index (χ0v) is 10.2. The number of nitrogens with one attached hydrogen (secondary N) is 2. The smallest absolute Gasteiger partial charge is 0.142 e. The Hall–Kier alpha value is -1.22. The Balaban J connectivity index is 1.69. The van der Waals surface area contributed by atoms with Gasteiger partial charge in [0, 0.05) is 12.6 Å². The van der Waals surface area contributed by atoms with Gasteiger partial charge in [0.15, 0.2) is 0 Å². The van der Waals surface area contributed by atoms with E-state index in [0.717, 1.165) is 25.4 Å². The summed E-state index contributed by atoms with van der Waals surface area (Å²) in [7, 11) is 0. The van der Waals surface area contributed by atoms with Gasteiger partial charge >= 0.3 is 0 Å². The number of hydrogen-bond donors (Lipinski definition) is 2. The second-order valence-corrected chi connectivity index (χ2v) is 4.92. The van der Waals surface area contributed by atoms with E-state index in [1.165, 1.54) is 36.9 Å². The molecule has 0 bridgehead atoms. The van der Waals surface area contributed by atoms with Gasteiger partial charge in [-0.15, -0.1) is 0 Å². The Bertz CT molecular complexity index is 386. The highest BCUT2D eigenvalue weighted by Crippen LogP contribution is 2.32. The summed E-state index contributed by atoms with van der Waals surface area (Å²) in [6.07, 6.45) is 4.91. The SMILES string of the molecule is c1cc2c(c(OCC3CCCN3)c1)NCCC2. The van der Waals surface area contributed by atoms with Crippen molar-refractivity contribution in [2.75, 3.05) is 25.0 Å². The third-order valence-corrected chi connectivity index (χ3v) is 3.64. The quantitative estimate of drug-likeness (QED) is 0.838. The van der Waals surface area contributed by atoms with Crippen LogP contribution in [0.2, 0.25) is 0 Å². The van der Waals surface area contributed by atoms with E-state index in [9.17, 15) is 0 Å². The minimum atomic E-state index is 0.537. The van der Waals surface area contributed by atoms with Crippen LogP contribution >= 0.6 is 0 Å². The standard InChI is InChI=1S/C14H20N2O/c1-4-11-5-2-9-16-14(11)13(7-1)17-10-12-6-3-8-15-12/h1,4,7,12,15-16H,2-3,5-6,8-10H2. The molecule has 1 unspecified atom stereocenters. The molecule has 3 nitrogen and oxygen atoms in total. The number of rotatable bonds is 3. The predicted molar refractivity (Wildman–Crippen MR) is 69.8 cm³/mol. The van der Waals surface area contributed by atoms with Crippen molar-refractivity contribution in [3.63, 3.8) is 0 Å². The van der Waals surface area contributed by atoms with Crippen LogP contribution in [-0.4, -0.2) is 25.7 Å². The van der Waals surface area contributed by atoms with E-state index in [4.69, 9.17) is 4.74 Å². The van der Waals surface area contributed by atoms with E-state index in [1.807, 2.05) is 0 Å². The maximum Gasteiger partial charge on any atom is 0.142 e. The van der Waals surface area contributed by atoms with E-state index >= 15 is 0 Å². The van der Waals surface area contributed by atoms with Gasteiger partial charge < -0.3 is 15.4 Å². The molecule has 1 saturated heterocycles. The first kappa shape index (κ1) is 10.9. The molecular formula is C14H20N2O. The van der Waals surface area contributed by atoms with Crippen molar-refractivity contribution in [2.45, 2.75) is 31.7 Å². The number of para-hydroxylation sites is 1. The molecule has 1 atom stereocenters. The normalized spacial score (nSPS) is 22.9. The summed E-state index contributed by atoms with van der Waals surface area (Å²) in [5.74, 6) is 1.02. The minimum absolute atomic E-state index is 0.537. The van der Waals surface area contributed by atoms with E-state index < -0.39 is 0 Å². The molecule has 1 aromatic rings. The second kappa shape index (κ2) is 4.96. The zero-order chi connectivity index (χ0) is 11.5. The molecule has 92 valence electrons. The lowest BCUT2D eigenvalue weighted by atomic mass is 10.0. The Morgan fingerprint density at radius 3 is 3.12 bits per heavy atom. The first-order valence-corrected chi connectivity index (χ1v) is 6.65. The number of fused-ring (bicyclic) bond motifs is 1. The molecule has 17 heavy (non-hydrogen) atoms. The maximum absolute atomic E-state index is 5.96. The fraction of sp³-hybridized carbons (Fsp3) is 0.571. The molecule has 0 aliphatic carbocycles. The van der Waals surface area contributed by atoms with Crippen LogP contribution in [0.25, 0.3) is 0 Å². The first-order chi connectivity index (χ1) is 8.43. The highest BCUT2D eigenvalue weighted by molar-refractivity contribution is 5.63. The van der Waals surface area contributed by atoms with Gasteiger partial charge in [-0.3, -0.25) is 0 Å². The third-order valence-electron chi connectivity index (χ3n) is 3.64. The van der Waals surface area contributed by atoms with Crippen LogP contribution in [-0.2, 0) is 6.42 Å². The van der Waals surface area contributed by atoms with Crippen molar-refractivity contribution < 1.29 is 4.74 Å². The van der Waals surface area contributed by atoms with Crippen LogP contribution in [0.15, 0.2) is 18.2 Å². The van der Waals surface area contributed by atoms with Crippen molar-refractivity contribution >= 4 is 5.69 Å². The van der Waals surface area contributed by atoms with Gasteiger partial charge in [-0.1, -0.05) is 12.1 Å². The highest BCUT2D eigenvalue weighted by atomic mass is 16.5. The Morgan fingerprint density at radius 2 is 2.24 bits per heavy atom. The van der Waals surface area contributed by atoms with Crippen molar-refractivity contribution in [1.82, 2.24) is 5.32 Å². The fourth-order valence-electron chi connectivity index (χ4n) is 2.69. The lowest BCUT2D eigenvalue weighted by Gasteiger charge is -2.22. The Morgan fingerprint density at radius 1 is 1.24 bits per heavy atom. The van der Waals surface area contributed by atoms with Crippen LogP contribution < -0.4 is 15.4 Å². The summed E-state index contributed by atoms with van der Waals surface area (Å²) < 4.78 is 5.96. The highest BCUT2D eigenvalue weighted by Gasteiger charge is 2.17. The molecule has 0 saturated carbocycles. The molecule has 2 aliphatic rings. The lowest BCUT2D eigenvalue weighted by Crippen LogP contribution is -2.28. The second-order valence-electron chi connectivity index (χ2n) is 4.92. The van der Waals surface area contributed by atoms with Crippen LogP contribution in [0, 0.1) is 0 Å². The van der Waals surface area contributed by atoms with E-state index in [1.54, 1.807) is 0 Å². The molecule has 1 aromatic carbocycles. The summed E-state index contributed by atoms with van der Waals surface area (Å²) in [6.45, 7) is 2.99. The molecular weight excluding hydrogens is 212 g/mol. The monoisotopic (exact) mass is 232 g/mol. The van der Waals surface area contributed by atoms with Gasteiger partial charge in [0.2, 0.25) is 0 Å². The summed E-state index contributed by atoms with van der Waals surface area (Å²) in [5.41, 5.74) is 2.62. The zero-order valence-electron chi connectivity index (χ0n) is 10.2. The summed E-state index contributed by atoms with van der Waals surface area (Å²) >= 11 is 0. The molecule has 2 N–H and O–H groups in total. The Kier molecular flexibility index (Phi) is 3.18. The number of anilines is 1. The number of aryl methyl sites for hydroxylation is 1. The van der Waals surface area contributed by atoms with E-state index in [0.29, 0.717) is 6.04 Å². The number of hydrogen-bond acceptors (Lipinski definition) is 3. The molecule has 3 rings (SSSR count). The first-order valence-electron chi connectivity index (χ1n) is 6.65. The van der Waals surface area contributed by atoms with Gasteiger partial charge in [0.25, 0.3) is 0 Å². The maximum atomic E-state index is 5.96. The van der Waals surface area contributed by atoms with Crippen molar-refractivity contribution in [2.24, 2.45) is 0 Å². The topological polar surface area (TPSA) is 33.3 Å². The molecule has 2 aliphatic heterocycles. The third kappa shape index (κ3) is 2.39. The molecule has 1 fully saturated rings. The average molecular weight is 232 g/mol. The summed E-state index contributed by atoms with van der Waals surface area (Å²) in [4.78, 5) is 0. The molecule has 3 heteroatoms. The molecule has 0 radical (unpaired) electrons. The predicted octanol–water partition coefficient (Wildman–Crippen LogP) is 2.18. The van der Waals surface area contributed by atoms with Crippen LogP contribution in [0.1, 0.15) is 24.8 Å². The van der Waals surface area contributed by atoms with Crippen molar-refractivity contribution in [1.29, 1.82) is 0 Å². The van der Waals surface area contributed by atoms with E-state index in [2.05, 4.69) is 28.8 Å². The van der Waals surface area contributed by atoms with Crippen molar-refractivity contribution in [3.05, 3.63) is 23.8 Å². The number of benzene rings is 1. The van der Waals surface area contributed by atoms with Gasteiger partial charge in [0.1, 0.15) is 12.4 Å². The fourth-order valence-corrected chi connectivity index (χ4v) is 2.69. The number of ether oxygens (including phenoxy) is 1. The van der Waals surface area contributed by atoms with Gasteiger partial charge in [-0.2, -0.15) is 0 Å². The van der Waals surface area contributed by atoms with Crippen LogP contribution in [0.5, 0.6) is 5.75 Å². The lowest BCUT2D eigenvalue weighted by molar-refractivity contribution is 0.278. The van der Waals surface area contributed by atoms with Gasteiger partial charge in [-0.25, -0.2) is 0 Å². The average Bonchev–Trinajstić information content (AvgIpc) is 2.89. The molecule has 0 amide bonds. The largest absolute Gasteiger partial charge is 0.490 e. The van der Waals surface area contributed by atoms with Crippen LogP contribution in [0.4, 0.5) is 5.69 Å². The molecule has 0 spiro atoms. The van der Waals surface area contributed by atoms with Gasteiger partial charge in [0.05, 0.1) is 5.69 Å². The molecule has 0 aromatic heterocycles. The van der Waals surface area contributed by atoms with E-state index in [-0.39, 0.29) is 0 Å². The minimum Gasteiger partial charge on any atom is -0.490 e. The summed E-state index contributed by atoms with van der Waals surface area (Å²) in [5, 5.41) is 6.92. The molecule has 2 heterocycles. The Labute approximate surface area is 103 Å². The van der Waals surface area contributed by atoms with Gasteiger partial charge in [-0.05, 0) is 43.9 Å². The summed E-state index contributed by atoms with van der Waals surface area (Å²) in [6, 6.07) is 6.91. The van der Waals surface area contributed by atoms with Crippen LogP contribution in [0.3, 0.4) is 0 Å².